The lowest BCUT2D eigenvalue weighted by molar-refractivity contribution is 0.0926. The van der Waals surface area contributed by atoms with Gasteiger partial charge in [0.05, 0.1) is 4.88 Å². The highest BCUT2D eigenvalue weighted by Crippen LogP contribution is 2.28. The summed E-state index contributed by atoms with van der Waals surface area (Å²) in [7, 11) is 0. The summed E-state index contributed by atoms with van der Waals surface area (Å²) in [6.45, 7) is 0. The molecule has 2 atom stereocenters. The lowest BCUT2D eigenvalue weighted by Crippen LogP contribution is -2.17. The third-order valence-electron chi connectivity index (χ3n) is 2.61. The van der Waals surface area contributed by atoms with Crippen molar-refractivity contribution in [2.24, 2.45) is 11.7 Å². The molecule has 0 amide bonds. The third kappa shape index (κ3) is 1.81. The van der Waals surface area contributed by atoms with Gasteiger partial charge < -0.3 is 5.73 Å². The predicted octanol–water partition coefficient (Wildman–Crippen LogP) is 2.06. The van der Waals surface area contributed by atoms with Gasteiger partial charge in [-0.1, -0.05) is 6.07 Å². The van der Waals surface area contributed by atoms with Crippen molar-refractivity contribution in [3.8, 4) is 0 Å². The lowest BCUT2D eigenvalue weighted by atomic mass is 10.0. The molecule has 0 aliphatic heterocycles. The summed E-state index contributed by atoms with van der Waals surface area (Å²) in [6.07, 6.45) is 2.84. The minimum absolute atomic E-state index is 0.189. The highest BCUT2D eigenvalue weighted by molar-refractivity contribution is 7.12. The molecule has 2 unspecified atom stereocenters. The molecule has 2 nitrogen and oxygen atoms in total. The minimum atomic E-state index is 0.189. The summed E-state index contributed by atoms with van der Waals surface area (Å²) in [6, 6.07) is 4.07. The number of thiophene rings is 1. The van der Waals surface area contributed by atoms with E-state index in [1.165, 1.54) is 11.3 Å². The van der Waals surface area contributed by atoms with Crippen LogP contribution in [-0.2, 0) is 0 Å². The van der Waals surface area contributed by atoms with Gasteiger partial charge >= 0.3 is 0 Å². The SMILES string of the molecule is NC1CCC(C(=O)c2cccs2)C1. The minimum Gasteiger partial charge on any atom is -0.328 e. The van der Waals surface area contributed by atoms with Gasteiger partial charge in [-0.3, -0.25) is 4.79 Å². The van der Waals surface area contributed by atoms with Crippen molar-refractivity contribution in [3.63, 3.8) is 0 Å². The molecule has 0 radical (unpaired) electrons. The van der Waals surface area contributed by atoms with Gasteiger partial charge in [0.1, 0.15) is 0 Å². The molecule has 0 saturated heterocycles. The fourth-order valence-electron chi connectivity index (χ4n) is 1.87. The fraction of sp³-hybridized carbons (Fsp3) is 0.500. The Hall–Kier alpha value is -0.670. The van der Waals surface area contributed by atoms with Crippen LogP contribution in [0.5, 0.6) is 0 Å². The molecular weight excluding hydrogens is 182 g/mol. The summed E-state index contributed by atoms with van der Waals surface area (Å²) in [5, 5.41) is 1.95. The first-order chi connectivity index (χ1) is 6.27. The third-order valence-corrected chi connectivity index (χ3v) is 3.49. The van der Waals surface area contributed by atoms with Crippen molar-refractivity contribution < 1.29 is 4.79 Å². The number of ketones is 1. The Labute approximate surface area is 81.8 Å². The zero-order valence-corrected chi connectivity index (χ0v) is 8.22. The van der Waals surface area contributed by atoms with Crippen molar-refractivity contribution in [2.75, 3.05) is 0 Å². The van der Waals surface area contributed by atoms with E-state index >= 15 is 0 Å². The summed E-state index contributed by atoms with van der Waals surface area (Å²) in [5.41, 5.74) is 5.77. The van der Waals surface area contributed by atoms with Crippen molar-refractivity contribution in [1.82, 2.24) is 0 Å². The summed E-state index contributed by atoms with van der Waals surface area (Å²) in [4.78, 5) is 12.7. The molecule has 1 aromatic rings. The molecule has 1 saturated carbocycles. The normalized spacial score (nSPS) is 27.8. The Morgan fingerprint density at radius 2 is 2.38 bits per heavy atom. The van der Waals surface area contributed by atoms with E-state index in [9.17, 15) is 4.79 Å². The van der Waals surface area contributed by atoms with Crippen LogP contribution in [0.1, 0.15) is 28.9 Å². The van der Waals surface area contributed by atoms with Crippen LogP contribution in [0.15, 0.2) is 17.5 Å². The second kappa shape index (κ2) is 3.60. The smallest absolute Gasteiger partial charge is 0.175 e. The second-order valence-electron chi connectivity index (χ2n) is 3.61. The van der Waals surface area contributed by atoms with Crippen LogP contribution in [0.3, 0.4) is 0 Å². The van der Waals surface area contributed by atoms with Crippen LogP contribution < -0.4 is 5.73 Å². The van der Waals surface area contributed by atoms with Crippen molar-refractivity contribution in [3.05, 3.63) is 22.4 Å². The highest BCUT2D eigenvalue weighted by atomic mass is 32.1. The molecule has 1 aromatic heterocycles. The van der Waals surface area contributed by atoms with Gasteiger partial charge in [0, 0.05) is 12.0 Å². The van der Waals surface area contributed by atoms with Crippen molar-refractivity contribution in [1.29, 1.82) is 0 Å². The molecule has 1 aliphatic rings. The molecule has 1 fully saturated rings. The Kier molecular flexibility index (Phi) is 2.47. The Balaban J connectivity index is 2.06. The monoisotopic (exact) mass is 195 g/mol. The Morgan fingerprint density at radius 1 is 1.54 bits per heavy atom. The van der Waals surface area contributed by atoms with Gasteiger partial charge in [-0.05, 0) is 30.7 Å². The molecule has 2 N–H and O–H groups in total. The molecular formula is C10H13NOS. The van der Waals surface area contributed by atoms with Crippen LogP contribution in [0, 0.1) is 5.92 Å². The number of carbonyl (C=O) groups excluding carboxylic acids is 1. The van der Waals surface area contributed by atoms with E-state index in [1.807, 2.05) is 17.5 Å². The van der Waals surface area contributed by atoms with Gasteiger partial charge in [-0.2, -0.15) is 0 Å². The van der Waals surface area contributed by atoms with Crippen molar-refractivity contribution in [2.45, 2.75) is 25.3 Å². The molecule has 1 aliphatic carbocycles. The number of nitrogens with two attached hydrogens (primary N) is 1. The van der Waals surface area contributed by atoms with Crippen LogP contribution in [-0.4, -0.2) is 11.8 Å². The zero-order valence-electron chi connectivity index (χ0n) is 7.40. The maximum absolute atomic E-state index is 11.8. The first-order valence-electron chi connectivity index (χ1n) is 4.60. The van der Waals surface area contributed by atoms with Gasteiger partial charge in [-0.25, -0.2) is 0 Å². The van der Waals surface area contributed by atoms with Gasteiger partial charge in [0.25, 0.3) is 0 Å². The molecule has 1 heterocycles. The van der Waals surface area contributed by atoms with E-state index in [0.717, 1.165) is 24.1 Å². The number of hydrogen-bond donors (Lipinski definition) is 1. The van der Waals surface area contributed by atoms with E-state index in [4.69, 9.17) is 5.73 Å². The Bertz CT molecular complexity index is 294. The second-order valence-corrected chi connectivity index (χ2v) is 4.56. The van der Waals surface area contributed by atoms with Gasteiger partial charge in [-0.15, -0.1) is 11.3 Å². The molecule has 13 heavy (non-hydrogen) atoms. The molecule has 0 spiro atoms. The van der Waals surface area contributed by atoms with E-state index < -0.39 is 0 Å². The molecule has 3 heteroatoms. The number of carbonyl (C=O) groups is 1. The van der Waals surface area contributed by atoms with Crippen LogP contribution in [0.4, 0.5) is 0 Å². The maximum Gasteiger partial charge on any atom is 0.175 e. The summed E-state index contributed by atoms with van der Waals surface area (Å²) in [5.74, 6) is 0.483. The molecule has 0 bridgehead atoms. The predicted molar refractivity (Wildman–Crippen MR) is 54.0 cm³/mol. The average molecular weight is 195 g/mol. The number of hydrogen-bond acceptors (Lipinski definition) is 3. The van der Waals surface area contributed by atoms with Gasteiger partial charge in [0.15, 0.2) is 5.78 Å². The van der Waals surface area contributed by atoms with E-state index in [1.54, 1.807) is 0 Å². The average Bonchev–Trinajstić information content (AvgIpc) is 2.72. The lowest BCUT2D eigenvalue weighted by Gasteiger charge is -2.05. The molecule has 0 aromatic carbocycles. The largest absolute Gasteiger partial charge is 0.328 e. The fourth-order valence-corrected chi connectivity index (χ4v) is 2.62. The van der Waals surface area contributed by atoms with E-state index in [0.29, 0.717) is 5.78 Å². The van der Waals surface area contributed by atoms with E-state index in [-0.39, 0.29) is 12.0 Å². The van der Waals surface area contributed by atoms with Crippen LogP contribution in [0.2, 0.25) is 0 Å². The summed E-state index contributed by atoms with van der Waals surface area (Å²) >= 11 is 1.53. The standard InChI is InChI=1S/C10H13NOS/c11-8-4-3-7(6-8)10(12)9-2-1-5-13-9/h1-2,5,7-8H,3-4,6,11H2. The van der Waals surface area contributed by atoms with Crippen LogP contribution >= 0.6 is 11.3 Å². The quantitative estimate of drug-likeness (QED) is 0.734. The summed E-state index contributed by atoms with van der Waals surface area (Å²) < 4.78 is 0. The van der Waals surface area contributed by atoms with Crippen LogP contribution in [0.25, 0.3) is 0 Å². The van der Waals surface area contributed by atoms with Gasteiger partial charge in [0.2, 0.25) is 0 Å². The van der Waals surface area contributed by atoms with Crippen molar-refractivity contribution >= 4 is 17.1 Å². The molecule has 70 valence electrons. The topological polar surface area (TPSA) is 43.1 Å². The number of rotatable bonds is 2. The highest BCUT2D eigenvalue weighted by Gasteiger charge is 2.28. The Morgan fingerprint density at radius 3 is 2.92 bits per heavy atom. The number of Topliss-reactive ketones (excluding diaryl/α,β-unsaturated/α-hetero) is 1. The first kappa shape index (κ1) is 8.91. The molecule has 2 rings (SSSR count). The van der Waals surface area contributed by atoms with E-state index in [2.05, 4.69) is 0 Å². The first-order valence-corrected chi connectivity index (χ1v) is 5.48. The maximum atomic E-state index is 11.8. The zero-order chi connectivity index (χ0) is 9.26.